The van der Waals surface area contributed by atoms with E-state index >= 15 is 0 Å². The highest BCUT2D eigenvalue weighted by Gasteiger charge is 2.34. The van der Waals surface area contributed by atoms with Crippen LogP contribution in [0.15, 0.2) is 18.2 Å². The van der Waals surface area contributed by atoms with Gasteiger partial charge in [-0.25, -0.2) is 4.39 Å². The van der Waals surface area contributed by atoms with Crippen LogP contribution in [0, 0.1) is 5.82 Å². The van der Waals surface area contributed by atoms with Gasteiger partial charge in [-0.15, -0.1) is 0 Å². The Hall–Kier alpha value is -1.13. The van der Waals surface area contributed by atoms with Crippen LogP contribution in [0.4, 0.5) is 4.39 Å². The molecule has 0 spiro atoms. The maximum atomic E-state index is 13.1. The predicted octanol–water partition coefficient (Wildman–Crippen LogP) is 2.49. The molecule has 2 atom stereocenters. The van der Waals surface area contributed by atoms with Gasteiger partial charge in [0.05, 0.1) is 5.02 Å². The van der Waals surface area contributed by atoms with E-state index in [2.05, 4.69) is 10.6 Å². The summed E-state index contributed by atoms with van der Waals surface area (Å²) in [5, 5.41) is 6.53. The molecule has 5 heteroatoms. The minimum atomic E-state index is -0.502. The van der Waals surface area contributed by atoms with Crippen molar-refractivity contribution in [3.63, 3.8) is 0 Å². The Morgan fingerprint density at radius 1 is 1.32 bits per heavy atom. The van der Waals surface area contributed by atoms with Crippen molar-refractivity contribution in [3.8, 4) is 0 Å². The zero-order valence-electron chi connectivity index (χ0n) is 10.5. The number of benzene rings is 1. The first-order valence-electron chi connectivity index (χ1n) is 6.64. The van der Waals surface area contributed by atoms with Gasteiger partial charge in [-0.2, -0.15) is 0 Å². The number of hydrogen-bond donors (Lipinski definition) is 2. The summed E-state index contributed by atoms with van der Waals surface area (Å²) in [6, 6.07) is 5.33. The summed E-state index contributed by atoms with van der Waals surface area (Å²) in [4.78, 5) is 12.1. The smallest absolute Gasteiger partial charge is 0.251 e. The molecule has 0 aliphatic carbocycles. The van der Waals surface area contributed by atoms with Crippen LogP contribution in [0.25, 0.3) is 0 Å². The summed E-state index contributed by atoms with van der Waals surface area (Å²) in [5.41, 5.74) is 0.414. The van der Waals surface area contributed by atoms with Crippen molar-refractivity contribution in [1.82, 2.24) is 10.6 Å². The first-order valence-corrected chi connectivity index (χ1v) is 7.01. The normalized spacial score (nSPS) is 29.3. The minimum absolute atomic E-state index is 0.0157. The Morgan fingerprint density at radius 2 is 2.00 bits per heavy atom. The van der Waals surface area contributed by atoms with Crippen molar-refractivity contribution in [2.24, 2.45) is 0 Å². The number of fused-ring (bicyclic) bond motifs is 2. The van der Waals surface area contributed by atoms with Crippen molar-refractivity contribution >= 4 is 17.5 Å². The molecule has 0 saturated carbocycles. The van der Waals surface area contributed by atoms with E-state index in [-0.39, 0.29) is 17.0 Å². The number of amides is 1. The fourth-order valence-electron chi connectivity index (χ4n) is 3.08. The number of carbonyl (C=O) groups excluding carboxylic acids is 1. The van der Waals surface area contributed by atoms with Gasteiger partial charge in [-0.05, 0) is 43.9 Å². The highest BCUT2D eigenvalue weighted by atomic mass is 35.5. The largest absolute Gasteiger partial charge is 0.349 e. The zero-order chi connectivity index (χ0) is 13.4. The van der Waals surface area contributed by atoms with Gasteiger partial charge in [-0.1, -0.05) is 11.6 Å². The third-order valence-corrected chi connectivity index (χ3v) is 4.28. The van der Waals surface area contributed by atoms with Crippen molar-refractivity contribution in [2.45, 2.75) is 43.8 Å². The summed E-state index contributed by atoms with van der Waals surface area (Å²) in [7, 11) is 0. The van der Waals surface area contributed by atoms with Crippen LogP contribution >= 0.6 is 11.6 Å². The molecule has 2 aliphatic heterocycles. The van der Waals surface area contributed by atoms with Crippen LogP contribution in [0.1, 0.15) is 36.0 Å². The van der Waals surface area contributed by atoms with Crippen LogP contribution in [0.2, 0.25) is 5.02 Å². The Kier molecular flexibility index (Phi) is 3.46. The third kappa shape index (κ3) is 2.74. The molecular weight excluding hydrogens is 267 g/mol. The first kappa shape index (κ1) is 12.9. The molecule has 0 radical (unpaired) electrons. The van der Waals surface area contributed by atoms with Gasteiger partial charge in [0.2, 0.25) is 0 Å². The topological polar surface area (TPSA) is 41.1 Å². The lowest BCUT2D eigenvalue weighted by Crippen LogP contribution is -2.48. The van der Waals surface area contributed by atoms with Crippen molar-refractivity contribution in [1.29, 1.82) is 0 Å². The van der Waals surface area contributed by atoms with Crippen LogP contribution in [0.3, 0.4) is 0 Å². The molecule has 2 heterocycles. The summed E-state index contributed by atoms with van der Waals surface area (Å²) < 4.78 is 13.1. The first-order chi connectivity index (χ1) is 9.11. The Morgan fingerprint density at radius 3 is 2.63 bits per heavy atom. The number of rotatable bonds is 2. The standard InChI is InChI=1S/C14H16ClFN2O/c15-12-5-8(1-4-13(12)16)14(19)18-11-6-9-2-3-10(7-11)17-9/h1,4-5,9-11,17H,2-3,6-7H2,(H,18,19). The molecule has 2 bridgehead atoms. The Bertz CT molecular complexity index is 496. The van der Waals surface area contributed by atoms with Crippen molar-refractivity contribution in [3.05, 3.63) is 34.6 Å². The van der Waals surface area contributed by atoms with E-state index in [4.69, 9.17) is 11.6 Å². The second-order valence-corrected chi connectivity index (χ2v) is 5.82. The van der Waals surface area contributed by atoms with Crippen LogP contribution in [-0.2, 0) is 0 Å². The van der Waals surface area contributed by atoms with Gasteiger partial charge in [0.1, 0.15) is 5.82 Å². The van der Waals surface area contributed by atoms with E-state index in [1.165, 1.54) is 31.0 Å². The quantitative estimate of drug-likeness (QED) is 0.875. The SMILES string of the molecule is O=C(NC1CC2CCC(C1)N2)c1ccc(F)c(Cl)c1. The highest BCUT2D eigenvalue weighted by Crippen LogP contribution is 2.27. The molecule has 2 unspecified atom stereocenters. The van der Waals surface area contributed by atoms with Gasteiger partial charge in [0, 0.05) is 23.7 Å². The molecule has 3 nitrogen and oxygen atoms in total. The fourth-order valence-corrected chi connectivity index (χ4v) is 3.26. The number of hydrogen-bond acceptors (Lipinski definition) is 2. The van der Waals surface area contributed by atoms with E-state index in [1.807, 2.05) is 0 Å². The van der Waals surface area contributed by atoms with Crippen LogP contribution in [-0.4, -0.2) is 24.0 Å². The molecule has 0 aromatic heterocycles. The van der Waals surface area contributed by atoms with Gasteiger partial charge in [0.25, 0.3) is 5.91 Å². The molecule has 2 N–H and O–H groups in total. The zero-order valence-corrected chi connectivity index (χ0v) is 11.2. The highest BCUT2D eigenvalue weighted by molar-refractivity contribution is 6.31. The third-order valence-electron chi connectivity index (χ3n) is 3.99. The average molecular weight is 283 g/mol. The van der Waals surface area contributed by atoms with Crippen molar-refractivity contribution in [2.75, 3.05) is 0 Å². The predicted molar refractivity (Wildman–Crippen MR) is 71.8 cm³/mol. The number of carbonyl (C=O) groups is 1. The molecule has 2 saturated heterocycles. The Labute approximate surface area is 116 Å². The van der Waals surface area contributed by atoms with E-state index in [1.54, 1.807) is 0 Å². The van der Waals surface area contributed by atoms with Crippen LogP contribution in [0.5, 0.6) is 0 Å². The summed E-state index contributed by atoms with van der Waals surface area (Å²) >= 11 is 5.69. The molecule has 1 amide bonds. The second-order valence-electron chi connectivity index (χ2n) is 5.41. The lowest BCUT2D eigenvalue weighted by molar-refractivity contribution is 0.0924. The molecule has 1 aromatic rings. The molecule has 3 rings (SSSR count). The van der Waals surface area contributed by atoms with E-state index in [0.29, 0.717) is 17.6 Å². The van der Waals surface area contributed by atoms with E-state index in [0.717, 1.165) is 12.8 Å². The monoisotopic (exact) mass is 282 g/mol. The molecule has 2 aliphatic rings. The summed E-state index contributed by atoms with van der Waals surface area (Å²) in [6.45, 7) is 0. The average Bonchev–Trinajstić information content (AvgIpc) is 2.72. The maximum Gasteiger partial charge on any atom is 0.251 e. The summed E-state index contributed by atoms with van der Waals surface area (Å²) in [5.74, 6) is -0.675. The van der Waals surface area contributed by atoms with Crippen molar-refractivity contribution < 1.29 is 9.18 Å². The lowest BCUT2D eigenvalue weighted by Gasteiger charge is -2.29. The van der Waals surface area contributed by atoms with Gasteiger partial charge in [-0.3, -0.25) is 4.79 Å². The molecule has 19 heavy (non-hydrogen) atoms. The van der Waals surface area contributed by atoms with E-state index < -0.39 is 5.82 Å². The Balaban J connectivity index is 1.66. The molecule has 2 fully saturated rings. The van der Waals surface area contributed by atoms with Gasteiger partial charge in [0.15, 0.2) is 0 Å². The van der Waals surface area contributed by atoms with Gasteiger partial charge >= 0.3 is 0 Å². The summed E-state index contributed by atoms with van der Waals surface area (Å²) in [6.07, 6.45) is 4.33. The number of halogens is 2. The maximum absolute atomic E-state index is 13.1. The van der Waals surface area contributed by atoms with Crippen LogP contribution < -0.4 is 10.6 Å². The number of nitrogens with one attached hydrogen (secondary N) is 2. The molecule has 1 aromatic carbocycles. The lowest BCUT2D eigenvalue weighted by atomic mass is 9.99. The number of piperidine rings is 1. The van der Waals surface area contributed by atoms with E-state index in [9.17, 15) is 9.18 Å². The minimum Gasteiger partial charge on any atom is -0.349 e. The van der Waals surface area contributed by atoms with Gasteiger partial charge < -0.3 is 10.6 Å². The molecular formula is C14H16ClFN2O. The molecule has 102 valence electrons. The fraction of sp³-hybridized carbons (Fsp3) is 0.500. The second kappa shape index (κ2) is 5.10.